The van der Waals surface area contributed by atoms with Gasteiger partial charge in [0.15, 0.2) is 0 Å². The zero-order valence-corrected chi connectivity index (χ0v) is 16.9. The second-order valence-electron chi connectivity index (χ2n) is 7.51. The molecule has 0 radical (unpaired) electrons. The normalized spacial score (nSPS) is 14.7. The third kappa shape index (κ3) is 4.69. The van der Waals surface area contributed by atoms with Crippen molar-refractivity contribution < 1.29 is 4.79 Å². The van der Waals surface area contributed by atoms with Crippen LogP contribution in [0.15, 0.2) is 73.1 Å². The highest BCUT2D eigenvalue weighted by molar-refractivity contribution is 5.94. The number of rotatable bonds is 6. The van der Waals surface area contributed by atoms with Gasteiger partial charge in [0.2, 0.25) is 0 Å². The van der Waals surface area contributed by atoms with Crippen molar-refractivity contribution in [3.05, 3.63) is 84.2 Å². The summed E-state index contributed by atoms with van der Waals surface area (Å²) in [5.74, 6) is -0.0127. The number of hydrogen-bond acceptors (Lipinski definition) is 3. The molecule has 0 saturated carbocycles. The first-order valence-electron chi connectivity index (χ1n) is 10.3. The van der Waals surface area contributed by atoms with E-state index in [1.165, 1.54) is 5.69 Å². The largest absolute Gasteiger partial charge is 0.369 e. The number of carbonyl (C=O) groups excluding carboxylic acids is 1. The highest BCUT2D eigenvalue weighted by Gasteiger charge is 2.17. The Hall–Kier alpha value is -3.05. The van der Waals surface area contributed by atoms with Gasteiger partial charge >= 0.3 is 0 Å². The molecule has 1 fully saturated rings. The Bertz CT molecular complexity index is 929. The van der Waals surface area contributed by atoms with Gasteiger partial charge in [-0.05, 0) is 48.9 Å². The van der Waals surface area contributed by atoms with Gasteiger partial charge in [-0.2, -0.15) is 0 Å². The minimum absolute atomic E-state index is 0.0127. The van der Waals surface area contributed by atoms with Crippen LogP contribution in [-0.2, 0) is 0 Å². The number of benzene rings is 2. The third-order valence-corrected chi connectivity index (χ3v) is 5.56. The third-order valence-electron chi connectivity index (χ3n) is 5.56. The summed E-state index contributed by atoms with van der Waals surface area (Å²) in [5.41, 5.74) is 4.18. The van der Waals surface area contributed by atoms with Gasteiger partial charge in [-0.1, -0.05) is 24.3 Å². The van der Waals surface area contributed by atoms with Gasteiger partial charge in [-0.15, -0.1) is 0 Å². The molecule has 0 atom stereocenters. The molecule has 1 amide bonds. The zero-order valence-electron chi connectivity index (χ0n) is 16.9. The minimum atomic E-state index is -0.0127. The molecule has 5 nitrogen and oxygen atoms in total. The number of para-hydroxylation sites is 1. The molecule has 1 aliphatic heterocycles. The predicted molar refractivity (Wildman–Crippen MR) is 118 cm³/mol. The first kappa shape index (κ1) is 19.3. The Morgan fingerprint density at radius 1 is 0.931 bits per heavy atom. The van der Waals surface area contributed by atoms with Crippen molar-refractivity contribution in [1.29, 1.82) is 0 Å². The van der Waals surface area contributed by atoms with E-state index in [4.69, 9.17) is 0 Å². The molecule has 1 aliphatic rings. The number of amides is 1. The lowest BCUT2D eigenvalue weighted by Gasteiger charge is -2.36. The predicted octanol–water partition coefficient (Wildman–Crippen LogP) is 3.34. The SMILES string of the molecule is Cc1ccc(C(=O)NCCN2CCN(c3ccccc3)CC2)cc1-n1cccc1. The van der Waals surface area contributed by atoms with Gasteiger partial charge in [0.05, 0.1) is 0 Å². The molecule has 5 heteroatoms. The number of piperazine rings is 1. The topological polar surface area (TPSA) is 40.5 Å². The Morgan fingerprint density at radius 3 is 2.38 bits per heavy atom. The summed E-state index contributed by atoms with van der Waals surface area (Å²) in [6.07, 6.45) is 4.00. The molecule has 4 rings (SSSR count). The van der Waals surface area contributed by atoms with Crippen molar-refractivity contribution in [2.24, 2.45) is 0 Å². The summed E-state index contributed by atoms with van der Waals surface area (Å²) in [6, 6.07) is 20.4. The monoisotopic (exact) mass is 388 g/mol. The summed E-state index contributed by atoms with van der Waals surface area (Å²) in [5, 5.41) is 3.08. The van der Waals surface area contributed by atoms with Crippen LogP contribution in [0.2, 0.25) is 0 Å². The molecule has 2 aromatic carbocycles. The van der Waals surface area contributed by atoms with Gasteiger partial charge in [0.1, 0.15) is 0 Å². The maximum absolute atomic E-state index is 12.6. The lowest BCUT2D eigenvalue weighted by Crippen LogP contribution is -2.48. The Balaban J connectivity index is 1.26. The van der Waals surface area contributed by atoms with Gasteiger partial charge in [0, 0.05) is 68.6 Å². The summed E-state index contributed by atoms with van der Waals surface area (Å²) in [7, 11) is 0. The van der Waals surface area contributed by atoms with Crippen LogP contribution in [0, 0.1) is 6.92 Å². The van der Waals surface area contributed by atoms with Crippen LogP contribution in [-0.4, -0.2) is 54.6 Å². The van der Waals surface area contributed by atoms with Crippen molar-refractivity contribution >= 4 is 11.6 Å². The summed E-state index contributed by atoms with van der Waals surface area (Å²) >= 11 is 0. The number of aromatic nitrogens is 1. The molecule has 3 aromatic rings. The smallest absolute Gasteiger partial charge is 0.251 e. The fourth-order valence-corrected chi connectivity index (χ4v) is 3.82. The van der Waals surface area contributed by atoms with Crippen LogP contribution in [0.25, 0.3) is 5.69 Å². The quantitative estimate of drug-likeness (QED) is 0.704. The van der Waals surface area contributed by atoms with E-state index in [2.05, 4.69) is 52.4 Å². The van der Waals surface area contributed by atoms with E-state index in [0.29, 0.717) is 12.1 Å². The van der Waals surface area contributed by atoms with Crippen molar-refractivity contribution in [1.82, 2.24) is 14.8 Å². The number of nitrogens with zero attached hydrogens (tertiary/aromatic N) is 3. The maximum Gasteiger partial charge on any atom is 0.251 e. The summed E-state index contributed by atoms with van der Waals surface area (Å²) < 4.78 is 2.04. The number of aryl methyl sites for hydroxylation is 1. The molecular formula is C24H28N4O. The lowest BCUT2D eigenvalue weighted by atomic mass is 10.1. The zero-order chi connectivity index (χ0) is 20.1. The van der Waals surface area contributed by atoms with E-state index in [1.807, 2.05) is 47.3 Å². The summed E-state index contributed by atoms with van der Waals surface area (Å²) in [6.45, 7) is 7.69. The molecule has 0 spiro atoms. The standard InChI is InChI=1S/C24H28N4O/c1-20-9-10-21(19-23(20)28-12-5-6-13-28)24(29)25-11-14-26-15-17-27(18-16-26)22-7-3-2-4-8-22/h2-10,12-13,19H,11,14-18H2,1H3,(H,25,29). The van der Waals surface area contributed by atoms with Crippen LogP contribution < -0.4 is 10.2 Å². The Kier molecular flexibility index (Phi) is 5.96. The maximum atomic E-state index is 12.6. The highest BCUT2D eigenvalue weighted by atomic mass is 16.1. The minimum Gasteiger partial charge on any atom is -0.369 e. The first-order valence-corrected chi connectivity index (χ1v) is 10.3. The van der Waals surface area contributed by atoms with Crippen molar-refractivity contribution in [2.75, 3.05) is 44.2 Å². The molecular weight excluding hydrogens is 360 g/mol. The van der Waals surface area contributed by atoms with Crippen LogP contribution in [0.5, 0.6) is 0 Å². The molecule has 150 valence electrons. The van der Waals surface area contributed by atoms with Crippen LogP contribution in [0.1, 0.15) is 15.9 Å². The molecule has 2 heterocycles. The molecule has 1 N–H and O–H groups in total. The average molecular weight is 389 g/mol. The van der Waals surface area contributed by atoms with Crippen LogP contribution >= 0.6 is 0 Å². The molecule has 1 aromatic heterocycles. The average Bonchev–Trinajstić information content (AvgIpc) is 3.30. The van der Waals surface area contributed by atoms with E-state index in [9.17, 15) is 4.79 Å². The number of anilines is 1. The highest BCUT2D eigenvalue weighted by Crippen LogP contribution is 2.17. The van der Waals surface area contributed by atoms with Crippen molar-refractivity contribution in [3.63, 3.8) is 0 Å². The molecule has 0 aliphatic carbocycles. The number of carbonyl (C=O) groups is 1. The number of hydrogen-bond donors (Lipinski definition) is 1. The van der Waals surface area contributed by atoms with E-state index in [1.54, 1.807) is 0 Å². The second-order valence-corrected chi connectivity index (χ2v) is 7.51. The van der Waals surface area contributed by atoms with Crippen LogP contribution in [0.4, 0.5) is 5.69 Å². The van der Waals surface area contributed by atoms with E-state index < -0.39 is 0 Å². The second kappa shape index (κ2) is 8.97. The van der Waals surface area contributed by atoms with Crippen LogP contribution in [0.3, 0.4) is 0 Å². The molecule has 0 unspecified atom stereocenters. The van der Waals surface area contributed by atoms with Crippen molar-refractivity contribution in [2.45, 2.75) is 6.92 Å². The molecule has 0 bridgehead atoms. The van der Waals surface area contributed by atoms with Crippen molar-refractivity contribution in [3.8, 4) is 5.69 Å². The van der Waals surface area contributed by atoms with E-state index >= 15 is 0 Å². The fraction of sp³-hybridized carbons (Fsp3) is 0.292. The van der Waals surface area contributed by atoms with Gasteiger partial charge in [-0.25, -0.2) is 0 Å². The van der Waals surface area contributed by atoms with E-state index in [-0.39, 0.29) is 5.91 Å². The van der Waals surface area contributed by atoms with Gasteiger partial charge < -0.3 is 14.8 Å². The first-order chi connectivity index (χ1) is 14.2. The lowest BCUT2D eigenvalue weighted by molar-refractivity contribution is 0.0947. The molecule has 29 heavy (non-hydrogen) atoms. The van der Waals surface area contributed by atoms with E-state index in [0.717, 1.165) is 44.0 Å². The fourth-order valence-electron chi connectivity index (χ4n) is 3.82. The number of nitrogens with one attached hydrogen (secondary N) is 1. The Labute approximate surface area is 172 Å². The summed E-state index contributed by atoms with van der Waals surface area (Å²) in [4.78, 5) is 17.4. The molecule has 1 saturated heterocycles. The van der Waals surface area contributed by atoms with Gasteiger partial charge in [-0.3, -0.25) is 9.69 Å². The van der Waals surface area contributed by atoms with Gasteiger partial charge in [0.25, 0.3) is 5.91 Å². The Morgan fingerprint density at radius 2 is 1.66 bits per heavy atom.